The fourth-order valence-electron chi connectivity index (χ4n) is 2.03. The normalized spacial score (nSPS) is 10.2. The summed E-state index contributed by atoms with van der Waals surface area (Å²) in [4.78, 5) is 11.8. The van der Waals surface area contributed by atoms with Gasteiger partial charge in [0, 0.05) is 5.69 Å². The van der Waals surface area contributed by atoms with Gasteiger partial charge in [-0.2, -0.15) is 0 Å². The lowest BCUT2D eigenvalue weighted by molar-refractivity contribution is -0.118. The molecule has 1 amide bonds. The quantitative estimate of drug-likeness (QED) is 0.920. The molecule has 0 unspecified atom stereocenters. The highest BCUT2D eigenvalue weighted by Crippen LogP contribution is 2.14. The van der Waals surface area contributed by atoms with E-state index < -0.39 is 0 Å². The van der Waals surface area contributed by atoms with Crippen LogP contribution in [0.5, 0.6) is 5.75 Å². The first-order valence-electron chi connectivity index (χ1n) is 6.60. The van der Waals surface area contributed by atoms with Crippen LogP contribution in [-0.2, 0) is 4.79 Å². The summed E-state index contributed by atoms with van der Waals surface area (Å²) in [5.74, 6) is 0.543. The van der Waals surface area contributed by atoms with Crippen LogP contribution in [0.2, 0.25) is 0 Å². The van der Waals surface area contributed by atoms with E-state index in [2.05, 4.69) is 11.4 Å². The Labute approximate surface area is 119 Å². The molecule has 2 rings (SSSR count). The van der Waals surface area contributed by atoms with Crippen LogP contribution in [-0.4, -0.2) is 12.5 Å². The number of carbonyl (C=O) groups excluding carboxylic acids is 1. The smallest absolute Gasteiger partial charge is 0.262 e. The lowest BCUT2D eigenvalue weighted by atomic mass is 10.1. The minimum Gasteiger partial charge on any atom is -0.484 e. The van der Waals surface area contributed by atoms with E-state index in [4.69, 9.17) is 4.74 Å². The fourth-order valence-corrected chi connectivity index (χ4v) is 2.03. The number of hydrogen-bond donors (Lipinski definition) is 1. The second-order valence-electron chi connectivity index (χ2n) is 5.03. The molecule has 2 aromatic carbocycles. The maximum absolute atomic E-state index is 11.8. The van der Waals surface area contributed by atoms with Gasteiger partial charge < -0.3 is 10.1 Å². The number of hydrogen-bond acceptors (Lipinski definition) is 2. The number of aryl methyl sites for hydroxylation is 3. The SMILES string of the molecule is Cc1ccc(OCC(=O)Nc2cc(C)cc(C)c2)cc1. The number of carbonyl (C=O) groups is 1. The highest BCUT2D eigenvalue weighted by molar-refractivity contribution is 5.92. The van der Waals surface area contributed by atoms with Crippen LogP contribution in [0.4, 0.5) is 5.69 Å². The maximum atomic E-state index is 11.8. The van der Waals surface area contributed by atoms with Crippen molar-refractivity contribution >= 4 is 11.6 Å². The van der Waals surface area contributed by atoms with Crippen molar-refractivity contribution in [3.63, 3.8) is 0 Å². The number of benzene rings is 2. The van der Waals surface area contributed by atoms with E-state index in [1.54, 1.807) is 0 Å². The van der Waals surface area contributed by atoms with Crippen molar-refractivity contribution < 1.29 is 9.53 Å². The van der Waals surface area contributed by atoms with E-state index in [1.165, 1.54) is 0 Å². The van der Waals surface area contributed by atoms with E-state index in [9.17, 15) is 4.79 Å². The van der Waals surface area contributed by atoms with Crippen molar-refractivity contribution in [2.45, 2.75) is 20.8 Å². The standard InChI is InChI=1S/C17H19NO2/c1-12-4-6-16(7-5-12)20-11-17(19)18-15-9-13(2)8-14(3)10-15/h4-10H,11H2,1-3H3,(H,18,19). The van der Waals surface area contributed by atoms with Crippen LogP contribution in [0.25, 0.3) is 0 Å². The predicted octanol–water partition coefficient (Wildman–Crippen LogP) is 3.63. The average Bonchev–Trinajstić information content (AvgIpc) is 2.37. The van der Waals surface area contributed by atoms with E-state index >= 15 is 0 Å². The Morgan fingerprint density at radius 2 is 1.55 bits per heavy atom. The lowest BCUT2D eigenvalue weighted by Gasteiger charge is -2.09. The third kappa shape index (κ3) is 4.12. The van der Waals surface area contributed by atoms with Gasteiger partial charge in [-0.25, -0.2) is 0 Å². The van der Waals surface area contributed by atoms with E-state index in [-0.39, 0.29) is 12.5 Å². The molecule has 0 fully saturated rings. The molecule has 0 aliphatic rings. The third-order valence-electron chi connectivity index (χ3n) is 2.90. The summed E-state index contributed by atoms with van der Waals surface area (Å²) >= 11 is 0. The Kier molecular flexibility index (Phi) is 4.41. The molecule has 0 saturated carbocycles. The molecule has 104 valence electrons. The minimum absolute atomic E-state index is 0.00997. The number of amides is 1. The van der Waals surface area contributed by atoms with E-state index in [1.807, 2.05) is 57.2 Å². The van der Waals surface area contributed by atoms with Gasteiger partial charge in [-0.1, -0.05) is 23.8 Å². The molecule has 0 aliphatic heterocycles. The van der Waals surface area contributed by atoms with Gasteiger partial charge >= 0.3 is 0 Å². The molecule has 1 N–H and O–H groups in total. The molecule has 0 spiro atoms. The Hall–Kier alpha value is -2.29. The summed E-state index contributed by atoms with van der Waals surface area (Å²) in [6.07, 6.45) is 0. The Balaban J connectivity index is 1.90. The monoisotopic (exact) mass is 269 g/mol. The molecule has 0 radical (unpaired) electrons. The van der Waals surface area contributed by atoms with Crippen molar-refractivity contribution in [3.8, 4) is 5.75 Å². The summed E-state index contributed by atoms with van der Waals surface area (Å²) in [7, 11) is 0. The first-order chi connectivity index (χ1) is 9.52. The number of anilines is 1. The minimum atomic E-state index is -0.157. The van der Waals surface area contributed by atoms with Gasteiger partial charge in [0.25, 0.3) is 5.91 Å². The lowest BCUT2D eigenvalue weighted by Crippen LogP contribution is -2.20. The second-order valence-corrected chi connectivity index (χ2v) is 5.03. The van der Waals surface area contributed by atoms with Gasteiger partial charge in [0.15, 0.2) is 6.61 Å². The van der Waals surface area contributed by atoms with E-state index in [0.29, 0.717) is 5.75 Å². The topological polar surface area (TPSA) is 38.3 Å². The van der Waals surface area contributed by atoms with Crippen LogP contribution in [0.15, 0.2) is 42.5 Å². The molecule has 0 heterocycles. The van der Waals surface area contributed by atoms with E-state index in [0.717, 1.165) is 22.4 Å². The molecule has 2 aromatic rings. The first kappa shape index (κ1) is 14.1. The van der Waals surface area contributed by atoms with Crippen LogP contribution in [0.1, 0.15) is 16.7 Å². The van der Waals surface area contributed by atoms with Gasteiger partial charge in [0.05, 0.1) is 0 Å². The third-order valence-corrected chi connectivity index (χ3v) is 2.90. The number of nitrogens with one attached hydrogen (secondary N) is 1. The zero-order chi connectivity index (χ0) is 14.5. The second kappa shape index (κ2) is 6.24. The molecular weight excluding hydrogens is 250 g/mol. The van der Waals surface area contributed by atoms with Crippen LogP contribution in [0.3, 0.4) is 0 Å². The summed E-state index contributed by atoms with van der Waals surface area (Å²) in [5, 5.41) is 2.84. The van der Waals surface area contributed by atoms with Gasteiger partial charge in [0.2, 0.25) is 0 Å². The molecule has 3 nitrogen and oxygen atoms in total. The predicted molar refractivity (Wildman–Crippen MR) is 81.2 cm³/mol. The molecule has 0 atom stereocenters. The zero-order valence-corrected chi connectivity index (χ0v) is 12.1. The summed E-state index contributed by atoms with van der Waals surface area (Å²) in [5.41, 5.74) is 4.22. The number of rotatable bonds is 4. The summed E-state index contributed by atoms with van der Waals surface area (Å²) in [6, 6.07) is 13.6. The maximum Gasteiger partial charge on any atom is 0.262 e. The van der Waals surface area contributed by atoms with Crippen LogP contribution >= 0.6 is 0 Å². The van der Waals surface area contributed by atoms with Gasteiger partial charge in [-0.05, 0) is 56.2 Å². The largest absolute Gasteiger partial charge is 0.484 e. The van der Waals surface area contributed by atoms with Crippen molar-refractivity contribution in [2.24, 2.45) is 0 Å². The molecule has 20 heavy (non-hydrogen) atoms. The Morgan fingerprint density at radius 1 is 0.950 bits per heavy atom. The van der Waals surface area contributed by atoms with Crippen molar-refractivity contribution in [3.05, 3.63) is 59.2 Å². The fraction of sp³-hybridized carbons (Fsp3) is 0.235. The molecule has 0 aliphatic carbocycles. The first-order valence-corrected chi connectivity index (χ1v) is 6.60. The van der Waals surface area contributed by atoms with Crippen molar-refractivity contribution in [1.29, 1.82) is 0 Å². The summed E-state index contributed by atoms with van der Waals surface area (Å²) in [6.45, 7) is 6.03. The van der Waals surface area contributed by atoms with Crippen molar-refractivity contribution in [1.82, 2.24) is 0 Å². The van der Waals surface area contributed by atoms with Crippen LogP contribution < -0.4 is 10.1 Å². The average molecular weight is 269 g/mol. The molecule has 0 aromatic heterocycles. The Morgan fingerprint density at radius 3 is 2.15 bits per heavy atom. The Bertz CT molecular complexity index is 583. The molecule has 3 heteroatoms. The molecular formula is C17H19NO2. The molecule has 0 bridgehead atoms. The number of ether oxygens (including phenoxy) is 1. The highest BCUT2D eigenvalue weighted by atomic mass is 16.5. The molecule has 0 saturated heterocycles. The van der Waals surface area contributed by atoms with Crippen LogP contribution in [0, 0.1) is 20.8 Å². The van der Waals surface area contributed by atoms with Gasteiger partial charge in [-0.15, -0.1) is 0 Å². The van der Waals surface area contributed by atoms with Crippen molar-refractivity contribution in [2.75, 3.05) is 11.9 Å². The highest BCUT2D eigenvalue weighted by Gasteiger charge is 2.04. The summed E-state index contributed by atoms with van der Waals surface area (Å²) < 4.78 is 5.44. The van der Waals surface area contributed by atoms with Gasteiger partial charge in [-0.3, -0.25) is 4.79 Å². The zero-order valence-electron chi connectivity index (χ0n) is 12.1. The van der Waals surface area contributed by atoms with Gasteiger partial charge in [0.1, 0.15) is 5.75 Å².